The van der Waals surface area contributed by atoms with Gasteiger partial charge >= 0.3 is 0 Å². The number of methoxy groups -OCH3 is 1. The lowest BCUT2D eigenvalue weighted by Gasteiger charge is -2.10. The van der Waals surface area contributed by atoms with E-state index in [9.17, 15) is 4.79 Å². The molecular weight excluding hydrogens is 392 g/mol. The monoisotopic (exact) mass is 418 g/mol. The van der Waals surface area contributed by atoms with Gasteiger partial charge in [0, 0.05) is 24.2 Å². The molecule has 160 valence electrons. The zero-order valence-corrected chi connectivity index (χ0v) is 17.5. The number of pyridine rings is 1. The van der Waals surface area contributed by atoms with Crippen molar-refractivity contribution in [3.63, 3.8) is 0 Å². The van der Waals surface area contributed by atoms with Crippen molar-refractivity contribution in [3.05, 3.63) is 79.0 Å². The van der Waals surface area contributed by atoms with E-state index in [0.717, 1.165) is 22.2 Å². The fourth-order valence-electron chi connectivity index (χ4n) is 2.95. The number of benzene rings is 2. The second-order valence-corrected chi connectivity index (χ2v) is 6.67. The predicted octanol–water partition coefficient (Wildman–Crippen LogP) is 4.41. The van der Waals surface area contributed by atoms with Gasteiger partial charge in [-0.3, -0.25) is 9.78 Å². The highest BCUT2D eigenvalue weighted by Crippen LogP contribution is 2.28. The highest BCUT2D eigenvalue weighted by molar-refractivity contribution is 5.91. The molecular formula is C25H26N2O4. The lowest BCUT2D eigenvalue weighted by molar-refractivity contribution is -0.116. The van der Waals surface area contributed by atoms with Crippen molar-refractivity contribution in [3.8, 4) is 17.2 Å². The van der Waals surface area contributed by atoms with Crippen LogP contribution in [-0.4, -0.2) is 37.8 Å². The molecule has 0 fully saturated rings. The second kappa shape index (κ2) is 11.4. The van der Waals surface area contributed by atoms with Crippen LogP contribution in [0.5, 0.6) is 17.2 Å². The molecule has 0 saturated heterocycles. The smallest absolute Gasteiger partial charge is 0.244 e. The Hall–Kier alpha value is -3.80. The van der Waals surface area contributed by atoms with E-state index < -0.39 is 0 Å². The van der Waals surface area contributed by atoms with Crippen molar-refractivity contribution in [1.29, 1.82) is 0 Å². The second-order valence-electron chi connectivity index (χ2n) is 6.67. The summed E-state index contributed by atoms with van der Waals surface area (Å²) in [6.07, 6.45) is 7.33. The summed E-state index contributed by atoms with van der Waals surface area (Å²) < 4.78 is 16.7. The first kappa shape index (κ1) is 21.9. The van der Waals surface area contributed by atoms with E-state index in [1.165, 1.54) is 6.08 Å². The summed E-state index contributed by atoms with van der Waals surface area (Å²) in [6, 6.07) is 15.2. The van der Waals surface area contributed by atoms with Crippen LogP contribution in [0, 0.1) is 0 Å². The molecule has 0 unspecified atom stereocenters. The molecule has 3 aromatic rings. The number of para-hydroxylation sites is 1. The fourth-order valence-corrected chi connectivity index (χ4v) is 2.95. The van der Waals surface area contributed by atoms with E-state index in [2.05, 4.69) is 16.9 Å². The van der Waals surface area contributed by atoms with Gasteiger partial charge in [0.1, 0.15) is 17.9 Å². The Kier molecular flexibility index (Phi) is 8.05. The Morgan fingerprint density at radius 3 is 2.81 bits per heavy atom. The number of ether oxygens (including phenoxy) is 3. The molecule has 0 saturated carbocycles. The van der Waals surface area contributed by atoms with Gasteiger partial charge in [0.05, 0.1) is 13.7 Å². The molecule has 2 aromatic carbocycles. The number of carbonyl (C=O) groups excluding carboxylic acids is 1. The summed E-state index contributed by atoms with van der Waals surface area (Å²) in [4.78, 5) is 16.4. The molecule has 3 rings (SSSR count). The average molecular weight is 418 g/mol. The van der Waals surface area contributed by atoms with Crippen molar-refractivity contribution in [1.82, 2.24) is 10.3 Å². The first-order chi connectivity index (χ1) is 15.2. The third kappa shape index (κ3) is 6.34. The first-order valence-corrected chi connectivity index (χ1v) is 10.1. The third-order valence-corrected chi connectivity index (χ3v) is 4.45. The zero-order chi connectivity index (χ0) is 21.9. The third-order valence-electron chi connectivity index (χ3n) is 4.45. The number of nitrogens with zero attached hydrogens (tertiary/aromatic N) is 1. The Bertz CT molecular complexity index is 1060. The molecule has 0 aliphatic rings. The summed E-state index contributed by atoms with van der Waals surface area (Å²) in [5.41, 5.74) is 1.68. The van der Waals surface area contributed by atoms with Crippen LogP contribution in [0.4, 0.5) is 0 Å². The van der Waals surface area contributed by atoms with Gasteiger partial charge in [0.15, 0.2) is 11.5 Å². The van der Waals surface area contributed by atoms with E-state index in [0.29, 0.717) is 37.7 Å². The average Bonchev–Trinajstić information content (AvgIpc) is 2.81. The van der Waals surface area contributed by atoms with Gasteiger partial charge in [-0.25, -0.2) is 0 Å². The van der Waals surface area contributed by atoms with Crippen LogP contribution in [0.25, 0.3) is 17.0 Å². The summed E-state index contributed by atoms with van der Waals surface area (Å²) >= 11 is 0. The van der Waals surface area contributed by atoms with Crippen LogP contribution < -0.4 is 19.5 Å². The van der Waals surface area contributed by atoms with Crippen LogP contribution in [0.3, 0.4) is 0 Å². The van der Waals surface area contributed by atoms with Crippen LogP contribution in [0.2, 0.25) is 0 Å². The molecule has 1 amide bonds. The van der Waals surface area contributed by atoms with Gasteiger partial charge < -0.3 is 19.5 Å². The van der Waals surface area contributed by atoms with Crippen LogP contribution in [-0.2, 0) is 4.79 Å². The number of nitrogens with one attached hydrogen (secondary N) is 1. The minimum Gasteiger partial charge on any atom is -0.493 e. The van der Waals surface area contributed by atoms with E-state index in [-0.39, 0.29) is 5.91 Å². The molecule has 6 heteroatoms. The predicted molar refractivity (Wildman–Crippen MR) is 123 cm³/mol. The number of aromatic nitrogens is 1. The van der Waals surface area contributed by atoms with Gasteiger partial charge in [0.2, 0.25) is 5.91 Å². The summed E-state index contributed by atoms with van der Waals surface area (Å²) in [5, 5.41) is 3.89. The maximum Gasteiger partial charge on any atom is 0.244 e. The van der Waals surface area contributed by atoms with Crippen molar-refractivity contribution in [2.24, 2.45) is 0 Å². The molecule has 0 spiro atoms. The quantitative estimate of drug-likeness (QED) is 0.284. The Balaban J connectivity index is 1.44. The molecule has 0 aliphatic heterocycles. The number of carbonyl (C=O) groups is 1. The first-order valence-electron chi connectivity index (χ1n) is 10.1. The summed E-state index contributed by atoms with van der Waals surface area (Å²) in [7, 11) is 1.58. The van der Waals surface area contributed by atoms with Gasteiger partial charge in [-0.2, -0.15) is 0 Å². The molecule has 1 aromatic heterocycles. The van der Waals surface area contributed by atoms with Gasteiger partial charge in [-0.15, -0.1) is 0 Å². The van der Waals surface area contributed by atoms with Crippen molar-refractivity contribution >= 4 is 22.9 Å². The molecule has 31 heavy (non-hydrogen) atoms. The lowest BCUT2D eigenvalue weighted by atomic mass is 10.2. The zero-order valence-electron chi connectivity index (χ0n) is 17.5. The number of hydrogen-bond donors (Lipinski definition) is 1. The van der Waals surface area contributed by atoms with E-state index in [1.807, 2.05) is 42.5 Å². The minimum atomic E-state index is -0.169. The molecule has 6 nitrogen and oxygen atoms in total. The summed E-state index contributed by atoms with van der Waals surface area (Å²) in [5.74, 6) is 1.81. The van der Waals surface area contributed by atoms with Crippen molar-refractivity contribution in [2.75, 3.05) is 26.9 Å². The van der Waals surface area contributed by atoms with Crippen LogP contribution >= 0.6 is 0 Å². The fraction of sp³-hybridized carbons (Fsp3) is 0.200. The molecule has 0 bridgehead atoms. The van der Waals surface area contributed by atoms with Crippen molar-refractivity contribution < 1.29 is 19.0 Å². The molecule has 1 N–H and O–H groups in total. The topological polar surface area (TPSA) is 69.7 Å². The molecule has 0 atom stereocenters. The lowest BCUT2D eigenvalue weighted by Crippen LogP contribution is -2.23. The highest BCUT2D eigenvalue weighted by atomic mass is 16.5. The van der Waals surface area contributed by atoms with Crippen LogP contribution in [0.1, 0.15) is 12.0 Å². The molecule has 0 radical (unpaired) electrons. The van der Waals surface area contributed by atoms with Crippen molar-refractivity contribution in [2.45, 2.75) is 6.42 Å². The van der Waals surface area contributed by atoms with E-state index in [1.54, 1.807) is 31.5 Å². The van der Waals surface area contributed by atoms with E-state index in [4.69, 9.17) is 14.2 Å². The Morgan fingerprint density at radius 2 is 1.97 bits per heavy atom. The summed E-state index contributed by atoms with van der Waals surface area (Å²) in [6.45, 7) is 5.03. The van der Waals surface area contributed by atoms with Crippen LogP contribution in [0.15, 0.2) is 73.5 Å². The number of amides is 1. The Labute approximate surface area is 182 Å². The minimum absolute atomic E-state index is 0.169. The maximum atomic E-state index is 12.1. The standard InChI is InChI=1S/C25H26N2O4/c1-3-16-30-21-12-10-19(18-23(21)29-2)11-13-24(28)26-15-6-17-31-22-9-4-7-20-8-5-14-27-25(20)22/h3-5,7-14,18H,1,6,15-17H2,2H3,(H,26,28)/b13-11+. The highest BCUT2D eigenvalue weighted by Gasteiger charge is 2.05. The number of hydrogen-bond acceptors (Lipinski definition) is 5. The van der Waals surface area contributed by atoms with E-state index >= 15 is 0 Å². The van der Waals surface area contributed by atoms with Gasteiger partial charge in [0.25, 0.3) is 0 Å². The van der Waals surface area contributed by atoms with Gasteiger partial charge in [-0.05, 0) is 42.3 Å². The SMILES string of the molecule is C=CCOc1ccc(/C=C/C(=O)NCCCOc2cccc3cccnc23)cc1OC. The molecule has 0 aliphatic carbocycles. The number of fused-ring (bicyclic) bond motifs is 1. The van der Waals surface area contributed by atoms with Gasteiger partial charge in [-0.1, -0.05) is 36.9 Å². The normalized spacial score (nSPS) is 10.7. The molecule has 1 heterocycles. The maximum absolute atomic E-state index is 12.1. The Morgan fingerprint density at radius 1 is 1.10 bits per heavy atom. The number of rotatable bonds is 11. The largest absolute Gasteiger partial charge is 0.493 e.